The van der Waals surface area contributed by atoms with E-state index in [1.807, 2.05) is 0 Å². The predicted octanol–water partition coefficient (Wildman–Crippen LogP) is 3.87. The molecule has 3 N–H and O–H groups in total. The normalized spacial score (nSPS) is 11.6. The summed E-state index contributed by atoms with van der Waals surface area (Å²) >= 11 is 0. The van der Waals surface area contributed by atoms with Gasteiger partial charge in [-0.2, -0.15) is 0 Å². The van der Waals surface area contributed by atoms with Crippen molar-refractivity contribution in [3.05, 3.63) is 83.2 Å². The molecule has 1 amide bonds. The number of halogens is 1. The van der Waals surface area contributed by atoms with E-state index in [0.29, 0.717) is 22.5 Å². The lowest BCUT2D eigenvalue weighted by atomic mass is 10.1. The number of amides is 1. The van der Waals surface area contributed by atoms with Gasteiger partial charge in [0.1, 0.15) is 5.82 Å². The standard InChI is InChI=1S/C22H22FN3O5S2/c1-14-8-10-19(13-20(14)23)33(30,31)25-18-6-4-5-16(11-18)22(27)24-17-9-7-15(2)21(12-17)26-32(3,28)29/h4-13,25-26H,1-3H3,(H,24,27). The van der Waals surface area contributed by atoms with Crippen LogP contribution in [0, 0.1) is 19.7 Å². The molecule has 8 nitrogen and oxygen atoms in total. The molecule has 0 bridgehead atoms. The quantitative estimate of drug-likeness (QED) is 0.463. The first-order valence-electron chi connectivity index (χ1n) is 9.63. The summed E-state index contributed by atoms with van der Waals surface area (Å²) in [6.45, 7) is 3.24. The number of carbonyl (C=O) groups is 1. The molecule has 0 atom stereocenters. The maximum Gasteiger partial charge on any atom is 0.261 e. The molecule has 0 fully saturated rings. The number of hydrogen-bond donors (Lipinski definition) is 3. The first-order valence-corrected chi connectivity index (χ1v) is 13.0. The summed E-state index contributed by atoms with van der Waals surface area (Å²) in [5.74, 6) is -1.18. The number of benzene rings is 3. The summed E-state index contributed by atoms with van der Waals surface area (Å²) in [5.41, 5.74) is 1.93. The van der Waals surface area contributed by atoms with Gasteiger partial charge in [-0.3, -0.25) is 14.2 Å². The number of rotatable bonds is 7. The fourth-order valence-electron chi connectivity index (χ4n) is 2.89. The van der Waals surface area contributed by atoms with Crippen molar-refractivity contribution in [2.24, 2.45) is 0 Å². The molecule has 0 aliphatic carbocycles. The van der Waals surface area contributed by atoms with Crippen LogP contribution < -0.4 is 14.8 Å². The number of sulfonamides is 2. The average Bonchev–Trinajstić information content (AvgIpc) is 2.71. The maximum atomic E-state index is 13.8. The highest BCUT2D eigenvalue weighted by Crippen LogP contribution is 2.23. The first kappa shape index (κ1) is 24.2. The molecule has 0 saturated carbocycles. The second-order valence-corrected chi connectivity index (χ2v) is 10.9. The Labute approximate surface area is 192 Å². The fourth-order valence-corrected chi connectivity index (χ4v) is 4.57. The van der Waals surface area contributed by atoms with Crippen LogP contribution in [0.15, 0.2) is 65.6 Å². The molecule has 3 aromatic rings. The zero-order valence-corrected chi connectivity index (χ0v) is 19.6. The zero-order valence-electron chi connectivity index (χ0n) is 18.0. The van der Waals surface area contributed by atoms with Gasteiger partial charge in [0.2, 0.25) is 10.0 Å². The van der Waals surface area contributed by atoms with E-state index in [1.165, 1.54) is 49.4 Å². The highest BCUT2D eigenvalue weighted by molar-refractivity contribution is 7.92. The molecule has 174 valence electrons. The van der Waals surface area contributed by atoms with E-state index < -0.39 is 31.8 Å². The molecule has 0 heterocycles. The van der Waals surface area contributed by atoms with Gasteiger partial charge in [-0.1, -0.05) is 18.2 Å². The zero-order chi connectivity index (χ0) is 24.4. The second-order valence-electron chi connectivity index (χ2n) is 7.46. The van der Waals surface area contributed by atoms with Crippen LogP contribution in [0.4, 0.5) is 21.5 Å². The van der Waals surface area contributed by atoms with Gasteiger partial charge in [-0.25, -0.2) is 21.2 Å². The van der Waals surface area contributed by atoms with Crippen molar-refractivity contribution < 1.29 is 26.0 Å². The van der Waals surface area contributed by atoms with Crippen molar-refractivity contribution in [2.75, 3.05) is 21.0 Å². The number of anilines is 3. The van der Waals surface area contributed by atoms with E-state index in [1.54, 1.807) is 19.1 Å². The molecule has 0 radical (unpaired) electrons. The summed E-state index contributed by atoms with van der Waals surface area (Å²) in [6, 6.07) is 14.1. The Hall–Kier alpha value is -3.44. The Morgan fingerprint density at radius 3 is 2.18 bits per heavy atom. The lowest BCUT2D eigenvalue weighted by Gasteiger charge is -2.12. The fraction of sp³-hybridized carbons (Fsp3) is 0.136. The lowest BCUT2D eigenvalue weighted by Crippen LogP contribution is -2.16. The van der Waals surface area contributed by atoms with Gasteiger partial charge in [-0.15, -0.1) is 0 Å². The molecule has 11 heteroatoms. The molecular formula is C22H22FN3O5S2. The molecule has 0 unspecified atom stereocenters. The topological polar surface area (TPSA) is 121 Å². The van der Waals surface area contributed by atoms with Crippen molar-refractivity contribution in [3.8, 4) is 0 Å². The number of carbonyl (C=O) groups excluding carboxylic acids is 1. The van der Waals surface area contributed by atoms with E-state index in [0.717, 1.165) is 12.3 Å². The smallest absolute Gasteiger partial charge is 0.261 e. The summed E-state index contributed by atoms with van der Waals surface area (Å²) in [4.78, 5) is 12.4. The van der Waals surface area contributed by atoms with Gasteiger partial charge < -0.3 is 5.32 Å². The largest absolute Gasteiger partial charge is 0.322 e. The van der Waals surface area contributed by atoms with Crippen LogP contribution in [0.1, 0.15) is 21.5 Å². The van der Waals surface area contributed by atoms with Crippen LogP contribution in [0.3, 0.4) is 0 Å². The summed E-state index contributed by atoms with van der Waals surface area (Å²) in [5, 5.41) is 2.65. The van der Waals surface area contributed by atoms with Gasteiger partial charge in [0, 0.05) is 16.9 Å². The van der Waals surface area contributed by atoms with Gasteiger partial charge in [0.05, 0.1) is 16.8 Å². The van der Waals surface area contributed by atoms with Gasteiger partial charge in [0.25, 0.3) is 15.9 Å². The Kier molecular flexibility index (Phi) is 6.75. The van der Waals surface area contributed by atoms with E-state index in [4.69, 9.17) is 0 Å². The number of hydrogen-bond acceptors (Lipinski definition) is 5. The second kappa shape index (κ2) is 9.20. The van der Waals surface area contributed by atoms with Crippen LogP contribution in [0.5, 0.6) is 0 Å². The van der Waals surface area contributed by atoms with Crippen LogP contribution in [0.25, 0.3) is 0 Å². The minimum absolute atomic E-state index is 0.118. The Morgan fingerprint density at radius 1 is 0.818 bits per heavy atom. The highest BCUT2D eigenvalue weighted by Gasteiger charge is 2.17. The third-order valence-corrected chi connectivity index (χ3v) is 6.59. The van der Waals surface area contributed by atoms with Crippen LogP contribution >= 0.6 is 0 Å². The summed E-state index contributed by atoms with van der Waals surface area (Å²) in [7, 11) is -7.57. The lowest BCUT2D eigenvalue weighted by molar-refractivity contribution is 0.102. The Bertz CT molecular complexity index is 1440. The summed E-state index contributed by atoms with van der Waals surface area (Å²) in [6.07, 6.45) is 1.02. The molecule has 0 spiro atoms. The van der Waals surface area contributed by atoms with Gasteiger partial charge in [0.15, 0.2) is 0 Å². The number of aryl methyl sites for hydroxylation is 2. The van der Waals surface area contributed by atoms with Crippen LogP contribution in [0.2, 0.25) is 0 Å². The van der Waals surface area contributed by atoms with Crippen molar-refractivity contribution in [1.29, 1.82) is 0 Å². The van der Waals surface area contributed by atoms with Crippen molar-refractivity contribution in [2.45, 2.75) is 18.7 Å². The van der Waals surface area contributed by atoms with E-state index in [9.17, 15) is 26.0 Å². The predicted molar refractivity (Wildman–Crippen MR) is 126 cm³/mol. The van der Waals surface area contributed by atoms with Crippen LogP contribution in [-0.4, -0.2) is 29.0 Å². The third kappa shape index (κ3) is 6.30. The van der Waals surface area contributed by atoms with E-state index in [2.05, 4.69) is 14.8 Å². The molecule has 3 aromatic carbocycles. The van der Waals surface area contributed by atoms with Crippen molar-refractivity contribution >= 4 is 43.0 Å². The summed E-state index contributed by atoms with van der Waals surface area (Å²) < 4.78 is 66.7. The third-order valence-electron chi connectivity index (χ3n) is 4.62. The monoisotopic (exact) mass is 491 g/mol. The molecule has 0 aliphatic heterocycles. The average molecular weight is 492 g/mol. The van der Waals surface area contributed by atoms with E-state index in [-0.39, 0.29) is 16.1 Å². The van der Waals surface area contributed by atoms with Crippen molar-refractivity contribution in [1.82, 2.24) is 0 Å². The number of nitrogens with one attached hydrogen (secondary N) is 3. The van der Waals surface area contributed by atoms with E-state index >= 15 is 0 Å². The molecule has 0 aliphatic rings. The minimum atomic E-state index is -4.07. The molecule has 33 heavy (non-hydrogen) atoms. The first-order chi connectivity index (χ1) is 15.3. The molecular weight excluding hydrogens is 469 g/mol. The van der Waals surface area contributed by atoms with Gasteiger partial charge in [-0.05, 0) is 67.4 Å². The maximum absolute atomic E-state index is 13.8. The molecule has 0 aromatic heterocycles. The molecule has 3 rings (SSSR count). The highest BCUT2D eigenvalue weighted by atomic mass is 32.2. The Morgan fingerprint density at radius 2 is 1.52 bits per heavy atom. The minimum Gasteiger partial charge on any atom is -0.322 e. The van der Waals surface area contributed by atoms with Gasteiger partial charge >= 0.3 is 0 Å². The van der Waals surface area contributed by atoms with Crippen LogP contribution in [-0.2, 0) is 20.0 Å². The Balaban J connectivity index is 1.80. The molecule has 0 saturated heterocycles. The van der Waals surface area contributed by atoms with Crippen molar-refractivity contribution in [3.63, 3.8) is 0 Å². The SMILES string of the molecule is Cc1ccc(S(=O)(=O)Nc2cccc(C(=O)Nc3ccc(C)c(NS(C)(=O)=O)c3)c2)cc1F.